The predicted molar refractivity (Wildman–Crippen MR) is 165 cm³/mol. The van der Waals surface area contributed by atoms with Crippen LogP contribution in [0.15, 0.2) is 0 Å². The van der Waals surface area contributed by atoms with Gasteiger partial charge >= 0.3 is 18.1 Å². The number of rotatable bonds is 24. The largest absolute Gasteiger partial charge is 0.502 e. The maximum Gasteiger partial charge on any atom is 0.502 e. The van der Waals surface area contributed by atoms with Crippen LogP contribution in [0, 0.1) is 0 Å². The molecule has 37 heavy (non-hydrogen) atoms. The van der Waals surface area contributed by atoms with E-state index in [4.69, 9.17) is 26.2 Å². The van der Waals surface area contributed by atoms with Gasteiger partial charge in [0.05, 0.1) is 9.52 Å². The Morgan fingerprint density at radius 3 is 1.89 bits per heavy atom. The summed E-state index contributed by atoms with van der Waals surface area (Å²) in [5.74, 6) is 0. The molecule has 0 bridgehead atoms. The lowest BCUT2D eigenvalue weighted by Gasteiger charge is -2.45. The van der Waals surface area contributed by atoms with Crippen molar-refractivity contribution in [1.82, 2.24) is 9.47 Å². The lowest BCUT2D eigenvalue weighted by atomic mass is 10.5. The Morgan fingerprint density at radius 2 is 1.43 bits per heavy atom. The standard InChI is InChI=1S/C24H59N2O6Si5/c1-13-26(14-2)36(12,22-24(5)37(27-7,28-8)29-9)32-35(10,11)21-19-33-23-25(6)18-17-20-34(30-15-3)31-16-4/h24H,13-23H2,1-12H3. The highest BCUT2D eigenvalue weighted by Crippen LogP contribution is 2.36. The first kappa shape index (κ1) is 37.8. The summed E-state index contributed by atoms with van der Waals surface area (Å²) in [6.07, 6.45) is 2.29. The fourth-order valence-corrected chi connectivity index (χ4v) is 22.9. The summed E-state index contributed by atoms with van der Waals surface area (Å²) in [5, 5.41) is 0. The smallest absolute Gasteiger partial charge is 0.444 e. The summed E-state index contributed by atoms with van der Waals surface area (Å²) in [5.41, 5.74) is 0.178. The molecule has 0 spiro atoms. The zero-order valence-corrected chi connectivity index (χ0v) is 31.2. The molecule has 3 radical (unpaired) electrons. The van der Waals surface area contributed by atoms with Gasteiger partial charge < -0.3 is 35.7 Å². The van der Waals surface area contributed by atoms with E-state index in [0.717, 1.165) is 67.0 Å². The number of hydrogen-bond donors (Lipinski definition) is 0. The van der Waals surface area contributed by atoms with Crippen LogP contribution >= 0.6 is 0 Å². The normalized spacial score (nSPS) is 15.6. The molecule has 0 aromatic carbocycles. The second-order valence-electron chi connectivity index (χ2n) is 10.4. The minimum Gasteiger partial charge on any atom is -0.444 e. The molecule has 0 heterocycles. The van der Waals surface area contributed by atoms with Crippen molar-refractivity contribution in [2.75, 3.05) is 67.4 Å². The maximum atomic E-state index is 7.24. The summed E-state index contributed by atoms with van der Waals surface area (Å²) in [7, 11) is 0.438. The van der Waals surface area contributed by atoms with Gasteiger partial charge in [-0.3, -0.25) is 0 Å². The minimum atomic E-state index is -2.72. The monoisotopic (exact) mass is 611 g/mol. The average molecular weight is 612 g/mol. The van der Waals surface area contributed by atoms with E-state index in [9.17, 15) is 0 Å². The van der Waals surface area contributed by atoms with Crippen molar-refractivity contribution in [2.24, 2.45) is 0 Å². The van der Waals surface area contributed by atoms with Crippen LogP contribution in [-0.4, -0.2) is 121 Å². The Kier molecular flexibility index (Phi) is 20.2. The molecule has 0 aliphatic carbocycles. The first-order valence-corrected chi connectivity index (χ1v) is 24.5. The fourth-order valence-electron chi connectivity index (χ4n) is 5.06. The van der Waals surface area contributed by atoms with Gasteiger partial charge in [0.1, 0.15) is 0 Å². The molecule has 221 valence electrons. The fraction of sp³-hybridized carbons (Fsp3) is 1.00. The molecule has 8 nitrogen and oxygen atoms in total. The summed E-state index contributed by atoms with van der Waals surface area (Å²) in [4.78, 5) is 2.46. The third-order valence-corrected chi connectivity index (χ3v) is 23.0. The molecule has 0 amide bonds. The van der Waals surface area contributed by atoms with E-state index in [1.807, 2.05) is 13.8 Å². The van der Waals surface area contributed by atoms with Crippen molar-refractivity contribution in [1.29, 1.82) is 0 Å². The lowest BCUT2D eigenvalue weighted by Crippen LogP contribution is -2.61. The predicted octanol–water partition coefficient (Wildman–Crippen LogP) is 4.85. The van der Waals surface area contributed by atoms with E-state index in [1.165, 1.54) is 12.1 Å². The molecular formula is C24H59N2O6Si5. The number of nitrogens with zero attached hydrogens (tertiary/aromatic N) is 2. The topological polar surface area (TPSA) is 61.9 Å². The zero-order valence-electron chi connectivity index (χ0n) is 26.2. The summed E-state index contributed by atoms with van der Waals surface area (Å²) in [6.45, 7) is 22.6. The van der Waals surface area contributed by atoms with Gasteiger partial charge in [-0.2, -0.15) is 0 Å². The highest BCUT2D eigenvalue weighted by atomic mass is 28.4. The molecule has 0 fully saturated rings. The molecule has 0 aromatic rings. The molecule has 0 aliphatic heterocycles. The highest BCUT2D eigenvalue weighted by molar-refractivity contribution is 6.85. The van der Waals surface area contributed by atoms with E-state index in [0.29, 0.717) is 0 Å². The molecule has 0 saturated heterocycles. The third kappa shape index (κ3) is 13.8. The van der Waals surface area contributed by atoms with E-state index in [1.54, 1.807) is 21.3 Å². The van der Waals surface area contributed by atoms with E-state index in [2.05, 4.69) is 56.9 Å². The van der Waals surface area contributed by atoms with Crippen molar-refractivity contribution >= 4 is 44.4 Å². The Labute approximate surface area is 237 Å². The zero-order chi connectivity index (χ0) is 28.5. The Bertz CT molecular complexity index is 561. The molecule has 0 rings (SSSR count). The van der Waals surface area contributed by atoms with E-state index >= 15 is 0 Å². The average Bonchev–Trinajstić information content (AvgIpc) is 2.84. The van der Waals surface area contributed by atoms with Crippen molar-refractivity contribution in [3.63, 3.8) is 0 Å². The second kappa shape index (κ2) is 19.8. The maximum absolute atomic E-state index is 7.24. The summed E-state index contributed by atoms with van der Waals surface area (Å²) in [6, 6.07) is 4.44. The molecule has 2 unspecified atom stereocenters. The van der Waals surface area contributed by atoms with E-state index < -0.39 is 34.9 Å². The molecule has 0 aromatic heterocycles. The Balaban J connectivity index is 4.93. The van der Waals surface area contributed by atoms with Gasteiger partial charge in [0.25, 0.3) is 8.48 Å². The van der Waals surface area contributed by atoms with Crippen LogP contribution < -0.4 is 0 Å². The quantitative estimate of drug-likeness (QED) is 0.113. The van der Waals surface area contributed by atoms with Crippen LogP contribution in [0.3, 0.4) is 0 Å². The van der Waals surface area contributed by atoms with Gasteiger partial charge in [0, 0.05) is 40.1 Å². The first-order valence-electron chi connectivity index (χ1n) is 14.0. The first-order chi connectivity index (χ1) is 17.4. The second-order valence-corrected chi connectivity index (χ2v) is 25.1. The van der Waals surface area contributed by atoms with Crippen molar-refractivity contribution in [3.8, 4) is 0 Å². The van der Waals surface area contributed by atoms with Gasteiger partial charge in [-0.1, -0.05) is 26.8 Å². The van der Waals surface area contributed by atoms with Crippen molar-refractivity contribution in [2.45, 2.75) is 90.4 Å². The van der Waals surface area contributed by atoms with E-state index in [-0.39, 0.29) is 5.54 Å². The molecular weight excluding hydrogens is 553 g/mol. The molecule has 13 heteroatoms. The highest BCUT2D eigenvalue weighted by Gasteiger charge is 2.51. The minimum absolute atomic E-state index is 0.178. The van der Waals surface area contributed by atoms with Crippen LogP contribution in [0.25, 0.3) is 0 Å². The van der Waals surface area contributed by atoms with Crippen LogP contribution in [-0.2, 0) is 26.2 Å². The van der Waals surface area contributed by atoms with Crippen LogP contribution in [0.1, 0.15) is 41.0 Å². The molecule has 0 N–H and O–H groups in total. The van der Waals surface area contributed by atoms with Crippen molar-refractivity contribution in [3.05, 3.63) is 0 Å². The van der Waals surface area contributed by atoms with Gasteiger partial charge in [0.15, 0.2) is 8.32 Å². The number of hydrogen-bond acceptors (Lipinski definition) is 8. The van der Waals surface area contributed by atoms with Crippen molar-refractivity contribution < 1.29 is 26.2 Å². The molecule has 0 aliphatic rings. The Hall–Kier alpha value is 0.764. The van der Waals surface area contributed by atoms with Gasteiger partial charge in [-0.15, -0.1) is 0 Å². The van der Waals surface area contributed by atoms with Crippen LogP contribution in [0.2, 0.25) is 49.4 Å². The van der Waals surface area contributed by atoms with Gasteiger partial charge in [-0.25, -0.2) is 0 Å². The van der Waals surface area contributed by atoms with Gasteiger partial charge in [0.2, 0.25) is 0 Å². The SMILES string of the molecule is CCO[Si](CCCN(C)C[Si]CC[Si](C)(C)O[Si](C)(CC(C)[Si](OC)(OC)OC)N(CC)CC)OCC. The summed E-state index contributed by atoms with van der Waals surface area (Å²) >= 11 is 0. The molecule has 0 saturated carbocycles. The third-order valence-electron chi connectivity index (χ3n) is 6.89. The van der Waals surface area contributed by atoms with Gasteiger partial charge in [-0.05, 0) is 90.9 Å². The lowest BCUT2D eigenvalue weighted by molar-refractivity contribution is 0.114. The Morgan fingerprint density at radius 1 is 0.892 bits per heavy atom. The van der Waals surface area contributed by atoms with Crippen LogP contribution in [0.4, 0.5) is 0 Å². The molecule has 2 atom stereocenters. The summed E-state index contributed by atoms with van der Waals surface area (Å²) < 4.78 is 38.8. The van der Waals surface area contributed by atoms with Crippen LogP contribution in [0.5, 0.6) is 0 Å².